The quantitative estimate of drug-likeness (QED) is 0.502. The Balaban J connectivity index is 0. The maximum absolute atomic E-state index is 8.56. The Hall–Kier alpha value is -0.773. The molecule has 0 aliphatic heterocycles. The lowest BCUT2D eigenvalue weighted by atomic mass is 10.8. The first kappa shape index (κ1) is 12.9. The average Bonchev–Trinajstić information content (AvgIpc) is 1.58. The SMILES string of the molecule is C=CC[Si](C)(C)C.O=C(O)O. The fourth-order valence-corrected chi connectivity index (χ4v) is 1.30. The highest BCUT2D eigenvalue weighted by molar-refractivity contribution is 6.76. The zero-order valence-electron chi connectivity index (χ0n) is 7.29. The van der Waals surface area contributed by atoms with Gasteiger partial charge in [0.05, 0.1) is 0 Å². The van der Waals surface area contributed by atoms with Crippen molar-refractivity contribution in [1.29, 1.82) is 0 Å². The molecule has 3 nitrogen and oxygen atoms in total. The molecule has 0 saturated carbocycles. The molecule has 0 atom stereocenters. The standard InChI is InChI=1S/C6H14Si.CH2O3/c1-5-6-7(2,3)4;2-1(3)4/h5H,1,6H2,2-4H3;(H2,2,3,4). The van der Waals surface area contributed by atoms with Gasteiger partial charge in [-0.15, -0.1) is 6.58 Å². The van der Waals surface area contributed by atoms with Gasteiger partial charge in [-0.2, -0.15) is 0 Å². The molecule has 0 radical (unpaired) electrons. The molecule has 11 heavy (non-hydrogen) atoms. The third-order valence-electron chi connectivity index (χ3n) is 0.757. The van der Waals surface area contributed by atoms with Crippen molar-refractivity contribution in [3.8, 4) is 0 Å². The molecule has 0 aliphatic rings. The van der Waals surface area contributed by atoms with Crippen LogP contribution in [0.15, 0.2) is 12.7 Å². The summed E-state index contributed by atoms with van der Waals surface area (Å²) in [6, 6.07) is 1.24. The van der Waals surface area contributed by atoms with Gasteiger partial charge in [0.2, 0.25) is 0 Å². The van der Waals surface area contributed by atoms with Gasteiger partial charge in [-0.1, -0.05) is 25.7 Å². The van der Waals surface area contributed by atoms with Crippen molar-refractivity contribution in [2.45, 2.75) is 25.7 Å². The molecule has 0 amide bonds. The van der Waals surface area contributed by atoms with Crippen LogP contribution in [0.4, 0.5) is 4.79 Å². The van der Waals surface area contributed by atoms with Gasteiger partial charge in [0, 0.05) is 8.07 Å². The minimum Gasteiger partial charge on any atom is -0.450 e. The normalized spacial score (nSPS) is 9.36. The third-order valence-corrected chi connectivity index (χ3v) is 2.27. The van der Waals surface area contributed by atoms with E-state index < -0.39 is 14.2 Å². The highest BCUT2D eigenvalue weighted by atomic mass is 28.3. The second-order valence-electron chi connectivity index (χ2n) is 3.34. The van der Waals surface area contributed by atoms with Gasteiger partial charge in [0.1, 0.15) is 0 Å². The van der Waals surface area contributed by atoms with Crippen LogP contribution in [0.5, 0.6) is 0 Å². The summed E-state index contributed by atoms with van der Waals surface area (Å²) < 4.78 is 0. The van der Waals surface area contributed by atoms with E-state index in [9.17, 15) is 0 Å². The molecule has 2 N–H and O–H groups in total. The summed E-state index contributed by atoms with van der Waals surface area (Å²) in [5.74, 6) is 0. The first-order chi connectivity index (χ1) is 4.79. The van der Waals surface area contributed by atoms with Crippen LogP contribution in [0.25, 0.3) is 0 Å². The molecule has 0 spiro atoms. The lowest BCUT2D eigenvalue weighted by molar-refractivity contribution is 0.137. The molecule has 0 fully saturated rings. The van der Waals surface area contributed by atoms with Crippen LogP contribution >= 0.6 is 0 Å². The van der Waals surface area contributed by atoms with Crippen molar-refractivity contribution >= 4 is 14.2 Å². The Morgan fingerprint density at radius 1 is 1.45 bits per heavy atom. The first-order valence-electron chi connectivity index (χ1n) is 3.32. The van der Waals surface area contributed by atoms with Gasteiger partial charge in [0.25, 0.3) is 0 Å². The van der Waals surface area contributed by atoms with Gasteiger partial charge in [-0.05, 0) is 6.04 Å². The summed E-state index contributed by atoms with van der Waals surface area (Å²) in [5, 5.41) is 13.9. The van der Waals surface area contributed by atoms with Gasteiger partial charge >= 0.3 is 6.16 Å². The molecule has 0 aromatic carbocycles. The average molecular weight is 176 g/mol. The van der Waals surface area contributed by atoms with Crippen LogP contribution in [-0.2, 0) is 0 Å². The lowest BCUT2D eigenvalue weighted by Crippen LogP contribution is -2.16. The number of allylic oxidation sites excluding steroid dienone is 1. The topological polar surface area (TPSA) is 57.5 Å². The summed E-state index contributed by atoms with van der Waals surface area (Å²) >= 11 is 0. The Bertz CT molecular complexity index is 122. The van der Waals surface area contributed by atoms with Crippen LogP contribution < -0.4 is 0 Å². The third kappa shape index (κ3) is 46.3. The van der Waals surface area contributed by atoms with Gasteiger partial charge in [0.15, 0.2) is 0 Å². The lowest BCUT2D eigenvalue weighted by Gasteiger charge is -2.10. The van der Waals surface area contributed by atoms with Gasteiger partial charge in [-0.25, -0.2) is 4.79 Å². The molecule has 0 aliphatic carbocycles. The first-order valence-corrected chi connectivity index (χ1v) is 7.03. The zero-order chi connectivity index (χ0) is 9.49. The summed E-state index contributed by atoms with van der Waals surface area (Å²) in [5.41, 5.74) is 0. The van der Waals surface area contributed by atoms with E-state index in [1.165, 1.54) is 6.04 Å². The monoisotopic (exact) mass is 176 g/mol. The largest absolute Gasteiger partial charge is 0.503 e. The minimum atomic E-state index is -1.83. The zero-order valence-corrected chi connectivity index (χ0v) is 8.29. The molecule has 66 valence electrons. The maximum atomic E-state index is 8.56. The van der Waals surface area contributed by atoms with E-state index in [0.717, 1.165) is 0 Å². The molecule has 0 aromatic rings. The molecule has 0 bridgehead atoms. The van der Waals surface area contributed by atoms with Gasteiger partial charge < -0.3 is 10.2 Å². The predicted molar refractivity (Wildman–Crippen MR) is 49.0 cm³/mol. The number of carbonyl (C=O) groups is 1. The smallest absolute Gasteiger partial charge is 0.450 e. The van der Waals surface area contributed by atoms with Crippen molar-refractivity contribution in [1.82, 2.24) is 0 Å². The Labute approximate surface area is 68.4 Å². The molecule has 0 saturated heterocycles. The summed E-state index contributed by atoms with van der Waals surface area (Å²) in [6.45, 7) is 10.7. The summed E-state index contributed by atoms with van der Waals surface area (Å²) in [4.78, 5) is 8.56. The van der Waals surface area contributed by atoms with Crippen molar-refractivity contribution < 1.29 is 15.0 Å². The number of hydrogen-bond donors (Lipinski definition) is 2. The highest BCUT2D eigenvalue weighted by Crippen LogP contribution is 2.06. The molecule has 0 rings (SSSR count). The number of hydrogen-bond acceptors (Lipinski definition) is 1. The molecule has 0 heterocycles. The van der Waals surface area contributed by atoms with Crippen molar-refractivity contribution in [3.05, 3.63) is 12.7 Å². The Morgan fingerprint density at radius 3 is 1.73 bits per heavy atom. The number of carboxylic acid groups (broad SMARTS) is 2. The van der Waals surface area contributed by atoms with Crippen LogP contribution in [0.1, 0.15) is 0 Å². The molecule has 4 heteroatoms. The van der Waals surface area contributed by atoms with E-state index in [2.05, 4.69) is 26.2 Å². The fraction of sp³-hybridized carbons (Fsp3) is 0.571. The van der Waals surface area contributed by atoms with Crippen LogP contribution in [0.3, 0.4) is 0 Å². The second-order valence-corrected chi connectivity index (χ2v) is 8.87. The van der Waals surface area contributed by atoms with E-state index in [4.69, 9.17) is 15.0 Å². The summed E-state index contributed by atoms with van der Waals surface area (Å²) in [6.07, 6.45) is 0.187. The van der Waals surface area contributed by atoms with Crippen LogP contribution in [0, 0.1) is 0 Å². The van der Waals surface area contributed by atoms with Crippen molar-refractivity contribution in [2.75, 3.05) is 0 Å². The van der Waals surface area contributed by atoms with Crippen LogP contribution in [-0.4, -0.2) is 24.4 Å². The van der Waals surface area contributed by atoms with Crippen LogP contribution in [0.2, 0.25) is 25.7 Å². The second kappa shape index (κ2) is 5.97. The molecular formula is C7H16O3Si. The van der Waals surface area contributed by atoms with E-state index in [-0.39, 0.29) is 0 Å². The van der Waals surface area contributed by atoms with E-state index >= 15 is 0 Å². The molecular weight excluding hydrogens is 160 g/mol. The minimum absolute atomic E-state index is 0.775. The Kier molecular flexibility index (Phi) is 6.98. The van der Waals surface area contributed by atoms with E-state index in [1.807, 2.05) is 6.08 Å². The predicted octanol–water partition coefficient (Wildman–Crippen LogP) is 2.73. The highest BCUT2D eigenvalue weighted by Gasteiger charge is 2.08. The fourth-order valence-electron chi connectivity index (χ4n) is 0.433. The summed E-state index contributed by atoms with van der Waals surface area (Å²) in [7, 11) is -0.775. The molecule has 0 unspecified atom stereocenters. The van der Waals surface area contributed by atoms with E-state index in [1.54, 1.807) is 0 Å². The Morgan fingerprint density at radius 2 is 1.73 bits per heavy atom. The van der Waals surface area contributed by atoms with Crippen molar-refractivity contribution in [3.63, 3.8) is 0 Å². The maximum Gasteiger partial charge on any atom is 0.503 e. The number of rotatable bonds is 2. The molecule has 0 aromatic heterocycles. The van der Waals surface area contributed by atoms with E-state index in [0.29, 0.717) is 0 Å². The van der Waals surface area contributed by atoms with Gasteiger partial charge in [-0.3, -0.25) is 0 Å². The van der Waals surface area contributed by atoms with Crippen molar-refractivity contribution in [2.24, 2.45) is 0 Å².